The highest BCUT2D eigenvalue weighted by atomic mass is 79.9. The fourth-order valence-corrected chi connectivity index (χ4v) is 4.16. The van der Waals surface area contributed by atoms with Gasteiger partial charge in [-0.3, -0.25) is 4.79 Å². The van der Waals surface area contributed by atoms with Crippen LogP contribution in [0.25, 0.3) is 0 Å². The van der Waals surface area contributed by atoms with Crippen molar-refractivity contribution in [3.63, 3.8) is 0 Å². The van der Waals surface area contributed by atoms with Gasteiger partial charge in [0.05, 0.1) is 16.6 Å². The van der Waals surface area contributed by atoms with Crippen LogP contribution >= 0.6 is 26.6 Å². The van der Waals surface area contributed by atoms with Crippen LogP contribution in [0.3, 0.4) is 0 Å². The molecule has 0 bridgehead atoms. The summed E-state index contributed by atoms with van der Waals surface area (Å²) in [6.45, 7) is 0.888. The lowest BCUT2D eigenvalue weighted by Gasteiger charge is -2.12. The van der Waals surface area contributed by atoms with Crippen LogP contribution in [-0.2, 0) is 13.8 Å². The Morgan fingerprint density at radius 2 is 2.24 bits per heavy atom. The second-order valence-corrected chi connectivity index (χ2v) is 7.93. The second-order valence-electron chi connectivity index (χ2n) is 4.55. The van der Waals surface area contributed by atoms with Crippen molar-refractivity contribution in [1.82, 2.24) is 5.32 Å². The maximum atomic E-state index is 13.8. The van der Waals surface area contributed by atoms with Crippen LogP contribution in [0.4, 0.5) is 4.39 Å². The number of benzene rings is 1. The van der Waals surface area contributed by atoms with E-state index in [1.807, 2.05) is 0 Å². The molecule has 0 aromatic heterocycles. The van der Waals surface area contributed by atoms with Gasteiger partial charge < -0.3 is 10.1 Å². The van der Waals surface area contributed by atoms with Crippen molar-refractivity contribution < 1.29 is 22.3 Å². The molecule has 1 N–H and O–H groups in total. The van der Waals surface area contributed by atoms with Crippen molar-refractivity contribution >= 4 is 41.6 Å². The summed E-state index contributed by atoms with van der Waals surface area (Å²) in [4.78, 5) is 11.6. The van der Waals surface area contributed by atoms with Crippen LogP contribution in [0, 0.1) is 5.82 Å². The van der Waals surface area contributed by atoms with E-state index in [1.54, 1.807) is 0 Å². The van der Waals surface area contributed by atoms with Gasteiger partial charge in [0.2, 0.25) is 0 Å². The zero-order chi connectivity index (χ0) is 15.6. The zero-order valence-corrected chi connectivity index (χ0v) is 13.9. The molecule has 2 rings (SSSR count). The quantitative estimate of drug-likeness (QED) is 0.788. The van der Waals surface area contributed by atoms with Gasteiger partial charge in [0.25, 0.3) is 15.0 Å². The van der Waals surface area contributed by atoms with Crippen LogP contribution < -0.4 is 5.32 Å². The molecule has 1 atom stereocenters. The van der Waals surface area contributed by atoms with E-state index in [-0.39, 0.29) is 27.6 Å². The Labute approximate surface area is 134 Å². The third kappa shape index (κ3) is 4.15. The SMILES string of the molecule is O=C(NCC1CCCO1)c1cc(S(=O)(=O)Cl)c(Br)cc1F. The van der Waals surface area contributed by atoms with Gasteiger partial charge in [-0.2, -0.15) is 0 Å². The highest BCUT2D eigenvalue weighted by Crippen LogP contribution is 2.28. The first-order chi connectivity index (χ1) is 9.79. The molecule has 0 saturated carbocycles. The van der Waals surface area contributed by atoms with Crippen molar-refractivity contribution in [2.24, 2.45) is 0 Å². The van der Waals surface area contributed by atoms with Crippen molar-refractivity contribution in [2.45, 2.75) is 23.8 Å². The Kier molecular flexibility index (Phi) is 5.24. The van der Waals surface area contributed by atoms with Gasteiger partial charge in [0.1, 0.15) is 5.82 Å². The Bertz CT molecular complexity index is 661. The molecule has 1 aliphatic heterocycles. The molecule has 0 radical (unpaired) electrons. The monoisotopic (exact) mass is 399 g/mol. The second kappa shape index (κ2) is 6.60. The molecular weight excluding hydrogens is 389 g/mol. The fourth-order valence-electron chi connectivity index (χ4n) is 2.00. The summed E-state index contributed by atoms with van der Waals surface area (Å²) in [6, 6.07) is 1.81. The molecule has 5 nitrogen and oxygen atoms in total. The van der Waals surface area contributed by atoms with E-state index in [0.717, 1.165) is 25.0 Å². The lowest BCUT2D eigenvalue weighted by atomic mass is 10.2. The van der Waals surface area contributed by atoms with E-state index in [4.69, 9.17) is 15.4 Å². The minimum atomic E-state index is -4.08. The number of amides is 1. The zero-order valence-electron chi connectivity index (χ0n) is 10.7. The van der Waals surface area contributed by atoms with Crippen LogP contribution in [0.5, 0.6) is 0 Å². The number of nitrogens with one attached hydrogen (secondary N) is 1. The van der Waals surface area contributed by atoms with Crippen LogP contribution in [0.15, 0.2) is 21.5 Å². The minimum Gasteiger partial charge on any atom is -0.376 e. The minimum absolute atomic E-state index is 0.0364. The molecule has 1 fully saturated rings. The van der Waals surface area contributed by atoms with Gasteiger partial charge in [0, 0.05) is 28.3 Å². The fraction of sp³-hybridized carbons (Fsp3) is 0.417. The van der Waals surface area contributed by atoms with Gasteiger partial charge >= 0.3 is 0 Å². The van der Waals surface area contributed by atoms with Crippen molar-refractivity contribution in [2.75, 3.05) is 13.2 Å². The predicted molar refractivity (Wildman–Crippen MR) is 78.4 cm³/mol. The molecule has 1 unspecified atom stereocenters. The predicted octanol–water partition coefficient (Wildman–Crippen LogP) is 2.42. The van der Waals surface area contributed by atoms with Crippen molar-refractivity contribution in [3.05, 3.63) is 28.0 Å². The topological polar surface area (TPSA) is 72.5 Å². The van der Waals surface area contributed by atoms with E-state index >= 15 is 0 Å². The molecule has 0 aliphatic carbocycles. The number of ether oxygens (including phenoxy) is 1. The van der Waals surface area contributed by atoms with E-state index in [0.29, 0.717) is 6.61 Å². The third-order valence-corrected chi connectivity index (χ3v) is 5.32. The Morgan fingerprint density at radius 3 is 2.81 bits per heavy atom. The summed E-state index contributed by atoms with van der Waals surface area (Å²) in [7, 11) is 1.16. The van der Waals surface area contributed by atoms with E-state index in [2.05, 4.69) is 21.2 Å². The maximum absolute atomic E-state index is 13.8. The summed E-state index contributed by atoms with van der Waals surface area (Å²) in [5.74, 6) is -1.55. The molecule has 1 heterocycles. The van der Waals surface area contributed by atoms with Gasteiger partial charge in [-0.25, -0.2) is 12.8 Å². The first kappa shape index (κ1) is 16.7. The number of carbonyl (C=O) groups excluding carboxylic acids is 1. The average Bonchev–Trinajstić information content (AvgIpc) is 2.87. The molecular formula is C12H12BrClFNO4S. The number of rotatable bonds is 4. The molecule has 1 aromatic rings. The Hall–Kier alpha value is -0.700. The molecule has 0 spiro atoms. The van der Waals surface area contributed by atoms with Gasteiger partial charge in [-0.05, 0) is 40.9 Å². The Morgan fingerprint density at radius 1 is 1.52 bits per heavy atom. The maximum Gasteiger partial charge on any atom is 0.262 e. The summed E-state index contributed by atoms with van der Waals surface area (Å²) in [5, 5.41) is 2.52. The van der Waals surface area contributed by atoms with Gasteiger partial charge in [0.15, 0.2) is 0 Å². The standard InChI is InChI=1S/C12H12BrClFNO4S/c13-9-5-10(15)8(4-11(9)21(14,18)19)12(17)16-6-7-2-1-3-20-7/h4-5,7H,1-3,6H2,(H,16,17). The number of halogens is 3. The highest BCUT2D eigenvalue weighted by Gasteiger charge is 2.22. The number of hydrogen-bond donors (Lipinski definition) is 1. The summed E-state index contributed by atoms with van der Waals surface area (Å²) >= 11 is 2.90. The third-order valence-electron chi connectivity index (χ3n) is 3.04. The Balaban J connectivity index is 2.20. The summed E-state index contributed by atoms with van der Waals surface area (Å²) in [6.07, 6.45) is 1.65. The highest BCUT2D eigenvalue weighted by molar-refractivity contribution is 9.10. The molecule has 1 aliphatic rings. The lowest BCUT2D eigenvalue weighted by molar-refractivity contribution is 0.0854. The van der Waals surface area contributed by atoms with Crippen molar-refractivity contribution in [3.8, 4) is 0 Å². The first-order valence-electron chi connectivity index (χ1n) is 6.12. The largest absolute Gasteiger partial charge is 0.376 e. The molecule has 21 heavy (non-hydrogen) atoms. The van der Waals surface area contributed by atoms with Crippen LogP contribution in [-0.4, -0.2) is 33.6 Å². The number of hydrogen-bond acceptors (Lipinski definition) is 4. The molecule has 1 aromatic carbocycles. The van der Waals surface area contributed by atoms with E-state index in [1.165, 1.54) is 0 Å². The first-order valence-corrected chi connectivity index (χ1v) is 9.23. The molecule has 9 heteroatoms. The molecule has 116 valence electrons. The summed E-state index contributed by atoms with van der Waals surface area (Å²) in [5.41, 5.74) is -0.379. The lowest BCUT2D eigenvalue weighted by Crippen LogP contribution is -2.32. The van der Waals surface area contributed by atoms with E-state index in [9.17, 15) is 17.6 Å². The molecule has 1 amide bonds. The smallest absolute Gasteiger partial charge is 0.262 e. The summed E-state index contributed by atoms with van der Waals surface area (Å²) < 4.78 is 41.8. The van der Waals surface area contributed by atoms with Gasteiger partial charge in [-0.15, -0.1) is 0 Å². The van der Waals surface area contributed by atoms with Crippen LogP contribution in [0.1, 0.15) is 23.2 Å². The van der Waals surface area contributed by atoms with Gasteiger partial charge in [-0.1, -0.05) is 0 Å². The molecule has 1 saturated heterocycles. The average molecular weight is 401 g/mol. The van der Waals surface area contributed by atoms with Crippen molar-refractivity contribution in [1.29, 1.82) is 0 Å². The number of carbonyl (C=O) groups is 1. The van der Waals surface area contributed by atoms with Crippen LogP contribution in [0.2, 0.25) is 0 Å². The van der Waals surface area contributed by atoms with E-state index < -0.39 is 20.8 Å². The normalized spacial score (nSPS) is 18.7.